The summed E-state index contributed by atoms with van der Waals surface area (Å²) in [7, 11) is 0. The van der Waals surface area contributed by atoms with Gasteiger partial charge in [0.15, 0.2) is 0 Å². The summed E-state index contributed by atoms with van der Waals surface area (Å²) in [6.07, 6.45) is 8.05. The number of rotatable bonds is 6. The van der Waals surface area contributed by atoms with Gasteiger partial charge in [-0.2, -0.15) is 5.26 Å². The van der Waals surface area contributed by atoms with E-state index in [0.29, 0.717) is 0 Å². The van der Waals surface area contributed by atoms with Gasteiger partial charge in [0.1, 0.15) is 0 Å². The largest absolute Gasteiger partial charge is 0.382 e. The zero-order valence-corrected chi connectivity index (χ0v) is 10.8. The molecule has 0 aromatic carbocycles. The molecular formula is C14H25NO. The predicted octanol–water partition coefficient (Wildman–Crippen LogP) is 3.91. The molecule has 0 aromatic heterocycles. The van der Waals surface area contributed by atoms with Crippen molar-refractivity contribution in [1.29, 1.82) is 5.26 Å². The average molecular weight is 223 g/mol. The lowest BCUT2D eigenvalue weighted by Crippen LogP contribution is -2.26. The van der Waals surface area contributed by atoms with Crippen molar-refractivity contribution in [2.45, 2.75) is 58.8 Å². The van der Waals surface area contributed by atoms with Crippen molar-refractivity contribution in [3.63, 3.8) is 0 Å². The van der Waals surface area contributed by atoms with Crippen molar-refractivity contribution in [3.05, 3.63) is 0 Å². The van der Waals surface area contributed by atoms with E-state index in [0.717, 1.165) is 44.8 Å². The Labute approximate surface area is 100.0 Å². The van der Waals surface area contributed by atoms with E-state index in [4.69, 9.17) is 4.74 Å². The quantitative estimate of drug-likeness (QED) is 0.639. The summed E-state index contributed by atoms with van der Waals surface area (Å²) >= 11 is 0. The minimum absolute atomic E-state index is 0.0250. The summed E-state index contributed by atoms with van der Waals surface area (Å²) in [6.45, 7) is 5.89. The van der Waals surface area contributed by atoms with Crippen LogP contribution in [0, 0.1) is 22.7 Å². The SMILES string of the molecule is CCOCCCC1(C#N)CCC(CC)CC1. The third-order valence-electron chi connectivity index (χ3n) is 4.02. The average Bonchev–Trinajstić information content (AvgIpc) is 2.35. The van der Waals surface area contributed by atoms with E-state index < -0.39 is 0 Å². The van der Waals surface area contributed by atoms with Crippen LogP contribution in [0.25, 0.3) is 0 Å². The molecule has 1 aliphatic rings. The van der Waals surface area contributed by atoms with Gasteiger partial charge >= 0.3 is 0 Å². The maximum atomic E-state index is 9.37. The van der Waals surface area contributed by atoms with Crippen LogP contribution in [0.3, 0.4) is 0 Å². The molecule has 0 radical (unpaired) electrons. The first-order valence-electron chi connectivity index (χ1n) is 6.75. The minimum atomic E-state index is -0.0250. The fourth-order valence-electron chi connectivity index (χ4n) is 2.71. The first kappa shape index (κ1) is 13.5. The Morgan fingerprint density at radius 1 is 1.31 bits per heavy atom. The topological polar surface area (TPSA) is 33.0 Å². The molecule has 0 N–H and O–H groups in total. The maximum absolute atomic E-state index is 9.37. The highest BCUT2D eigenvalue weighted by Crippen LogP contribution is 2.42. The predicted molar refractivity (Wildman–Crippen MR) is 66.0 cm³/mol. The van der Waals surface area contributed by atoms with Crippen LogP contribution in [-0.4, -0.2) is 13.2 Å². The third-order valence-corrected chi connectivity index (χ3v) is 4.02. The van der Waals surface area contributed by atoms with E-state index in [1.54, 1.807) is 0 Å². The molecule has 0 atom stereocenters. The maximum Gasteiger partial charge on any atom is 0.0689 e. The van der Waals surface area contributed by atoms with Gasteiger partial charge in [0, 0.05) is 13.2 Å². The molecule has 0 unspecified atom stereocenters. The molecule has 0 aromatic rings. The zero-order chi connectivity index (χ0) is 11.9. The van der Waals surface area contributed by atoms with E-state index in [1.165, 1.54) is 19.3 Å². The van der Waals surface area contributed by atoms with Gasteiger partial charge in [-0.3, -0.25) is 0 Å². The zero-order valence-electron chi connectivity index (χ0n) is 10.8. The molecule has 1 fully saturated rings. The van der Waals surface area contributed by atoms with Crippen LogP contribution in [0.1, 0.15) is 58.8 Å². The Morgan fingerprint density at radius 2 is 2.00 bits per heavy atom. The molecule has 0 saturated heterocycles. The third kappa shape index (κ3) is 3.79. The van der Waals surface area contributed by atoms with E-state index in [-0.39, 0.29) is 5.41 Å². The lowest BCUT2D eigenvalue weighted by atomic mass is 9.68. The van der Waals surface area contributed by atoms with Crippen LogP contribution < -0.4 is 0 Å². The molecule has 0 bridgehead atoms. The van der Waals surface area contributed by atoms with Crippen molar-refractivity contribution in [3.8, 4) is 6.07 Å². The lowest BCUT2D eigenvalue weighted by molar-refractivity contribution is 0.122. The van der Waals surface area contributed by atoms with Gasteiger partial charge in [0.05, 0.1) is 11.5 Å². The summed E-state index contributed by atoms with van der Waals surface area (Å²) in [4.78, 5) is 0. The van der Waals surface area contributed by atoms with Crippen molar-refractivity contribution < 1.29 is 4.74 Å². The van der Waals surface area contributed by atoms with E-state index in [2.05, 4.69) is 13.0 Å². The van der Waals surface area contributed by atoms with Crippen LogP contribution in [0.5, 0.6) is 0 Å². The fourth-order valence-corrected chi connectivity index (χ4v) is 2.71. The molecular weight excluding hydrogens is 198 g/mol. The van der Waals surface area contributed by atoms with Crippen LogP contribution in [0.15, 0.2) is 0 Å². The Bertz CT molecular complexity index is 223. The molecule has 2 heteroatoms. The highest BCUT2D eigenvalue weighted by Gasteiger charge is 2.34. The van der Waals surface area contributed by atoms with Gasteiger partial charge in [0.2, 0.25) is 0 Å². The molecule has 1 rings (SSSR count). The number of nitriles is 1. The van der Waals surface area contributed by atoms with Crippen LogP contribution in [-0.2, 0) is 4.74 Å². The summed E-state index contributed by atoms with van der Waals surface area (Å²) in [5.74, 6) is 0.869. The van der Waals surface area contributed by atoms with Crippen molar-refractivity contribution >= 4 is 0 Å². The van der Waals surface area contributed by atoms with Gasteiger partial charge in [-0.05, 0) is 51.4 Å². The summed E-state index contributed by atoms with van der Waals surface area (Å²) < 4.78 is 5.35. The van der Waals surface area contributed by atoms with Crippen molar-refractivity contribution in [2.24, 2.45) is 11.3 Å². The van der Waals surface area contributed by atoms with Crippen molar-refractivity contribution in [2.75, 3.05) is 13.2 Å². The molecule has 1 saturated carbocycles. The standard InChI is InChI=1S/C14H25NO/c1-3-13-6-9-14(12-15,10-7-13)8-5-11-16-4-2/h13H,3-11H2,1-2H3. The molecule has 92 valence electrons. The molecule has 0 spiro atoms. The normalized spacial score (nSPS) is 29.9. The van der Waals surface area contributed by atoms with Gasteiger partial charge in [-0.15, -0.1) is 0 Å². The van der Waals surface area contributed by atoms with Crippen LogP contribution in [0.2, 0.25) is 0 Å². The summed E-state index contributed by atoms with van der Waals surface area (Å²) in [6, 6.07) is 2.58. The van der Waals surface area contributed by atoms with Gasteiger partial charge < -0.3 is 4.74 Å². The van der Waals surface area contributed by atoms with Crippen LogP contribution in [0.4, 0.5) is 0 Å². The van der Waals surface area contributed by atoms with E-state index >= 15 is 0 Å². The number of ether oxygens (including phenoxy) is 1. The first-order valence-corrected chi connectivity index (χ1v) is 6.75. The molecule has 1 aliphatic carbocycles. The lowest BCUT2D eigenvalue weighted by Gasteiger charge is -2.34. The van der Waals surface area contributed by atoms with Crippen LogP contribution >= 0.6 is 0 Å². The summed E-state index contributed by atoms with van der Waals surface area (Å²) in [5, 5.41) is 9.37. The highest BCUT2D eigenvalue weighted by molar-refractivity contribution is 5.01. The second-order valence-corrected chi connectivity index (χ2v) is 5.04. The smallest absolute Gasteiger partial charge is 0.0689 e. The Kier molecular flexibility index (Phi) is 5.84. The monoisotopic (exact) mass is 223 g/mol. The number of nitrogens with zero attached hydrogens (tertiary/aromatic N) is 1. The Hall–Kier alpha value is -0.550. The van der Waals surface area contributed by atoms with Gasteiger partial charge in [0.25, 0.3) is 0 Å². The second-order valence-electron chi connectivity index (χ2n) is 5.04. The van der Waals surface area contributed by atoms with Crippen molar-refractivity contribution in [1.82, 2.24) is 0 Å². The summed E-state index contributed by atoms with van der Waals surface area (Å²) in [5.41, 5.74) is -0.0250. The molecule has 2 nitrogen and oxygen atoms in total. The van der Waals surface area contributed by atoms with Gasteiger partial charge in [-0.25, -0.2) is 0 Å². The second kappa shape index (κ2) is 6.91. The number of hydrogen-bond donors (Lipinski definition) is 0. The molecule has 16 heavy (non-hydrogen) atoms. The van der Waals surface area contributed by atoms with Gasteiger partial charge in [-0.1, -0.05) is 13.3 Å². The molecule has 0 aliphatic heterocycles. The Balaban J connectivity index is 2.32. The molecule has 0 heterocycles. The van der Waals surface area contributed by atoms with E-state index in [9.17, 15) is 5.26 Å². The first-order chi connectivity index (χ1) is 7.76. The molecule has 0 amide bonds. The highest BCUT2D eigenvalue weighted by atomic mass is 16.5. The fraction of sp³-hybridized carbons (Fsp3) is 0.929. The van der Waals surface area contributed by atoms with E-state index in [1.807, 2.05) is 6.92 Å². The Morgan fingerprint density at radius 3 is 2.50 bits per heavy atom. The minimum Gasteiger partial charge on any atom is -0.382 e. The number of hydrogen-bond acceptors (Lipinski definition) is 2.